The zero-order valence-electron chi connectivity index (χ0n) is 17.3. The number of β-amino-alcohol motifs (C(OH)–C–C–N with tert-alkyl or cyclic N) is 1. The Morgan fingerprint density at radius 3 is 2.80 bits per heavy atom. The first kappa shape index (κ1) is 22.1. The summed E-state index contributed by atoms with van der Waals surface area (Å²) in [5.74, 6) is -0.345. The zero-order valence-corrected chi connectivity index (χ0v) is 17.3. The van der Waals surface area contributed by atoms with E-state index in [0.717, 1.165) is 39.0 Å². The van der Waals surface area contributed by atoms with Gasteiger partial charge in [-0.25, -0.2) is 9.37 Å². The summed E-state index contributed by atoms with van der Waals surface area (Å²) in [4.78, 5) is 21.0. The third-order valence-electron chi connectivity index (χ3n) is 5.21. The van der Waals surface area contributed by atoms with Crippen molar-refractivity contribution in [2.75, 3.05) is 38.0 Å². The Labute approximate surface area is 176 Å². The van der Waals surface area contributed by atoms with Gasteiger partial charge in [0, 0.05) is 38.4 Å². The smallest absolute Gasteiger partial charge is 0.277 e. The van der Waals surface area contributed by atoms with Crippen LogP contribution in [0.1, 0.15) is 34.8 Å². The highest BCUT2D eigenvalue weighted by atomic mass is 19.1. The standard InChI is InChI=1S/C22H29FN4O3/c1-3-4-5-18(28)13-26-8-10-27(11-9-26)14-21-25-20(15-30-21)22(29)24-17-7-6-16(2)19(23)12-17/h3,6-7,12,15,18,28H,1,4-5,8-11,13-14H2,2H3,(H,24,29). The number of amides is 1. The lowest BCUT2D eigenvalue weighted by Crippen LogP contribution is -2.48. The molecule has 1 unspecified atom stereocenters. The van der Waals surface area contributed by atoms with E-state index in [1.165, 1.54) is 12.3 Å². The first-order valence-corrected chi connectivity index (χ1v) is 10.2. The minimum Gasteiger partial charge on any atom is -0.447 e. The number of anilines is 1. The average Bonchev–Trinajstić information content (AvgIpc) is 3.19. The van der Waals surface area contributed by atoms with Crippen molar-refractivity contribution in [3.8, 4) is 0 Å². The fraction of sp³-hybridized carbons (Fsp3) is 0.455. The first-order valence-electron chi connectivity index (χ1n) is 10.2. The van der Waals surface area contributed by atoms with E-state index >= 15 is 0 Å². The molecule has 2 heterocycles. The van der Waals surface area contributed by atoms with Gasteiger partial charge in [-0.1, -0.05) is 12.1 Å². The van der Waals surface area contributed by atoms with Crippen molar-refractivity contribution in [2.24, 2.45) is 0 Å². The number of carbonyl (C=O) groups excluding carboxylic acids is 1. The van der Waals surface area contributed by atoms with Gasteiger partial charge >= 0.3 is 0 Å². The highest BCUT2D eigenvalue weighted by Crippen LogP contribution is 2.15. The second kappa shape index (κ2) is 10.5. The van der Waals surface area contributed by atoms with Gasteiger partial charge in [0.25, 0.3) is 5.91 Å². The summed E-state index contributed by atoms with van der Waals surface area (Å²) in [5, 5.41) is 12.7. The molecule has 1 fully saturated rings. The van der Waals surface area contributed by atoms with Crippen molar-refractivity contribution in [2.45, 2.75) is 32.4 Å². The number of allylic oxidation sites excluding steroid dienone is 1. The largest absolute Gasteiger partial charge is 0.447 e. The molecular formula is C22H29FN4O3. The summed E-state index contributed by atoms with van der Waals surface area (Å²) < 4.78 is 19.1. The van der Waals surface area contributed by atoms with E-state index in [0.29, 0.717) is 30.2 Å². The van der Waals surface area contributed by atoms with Crippen LogP contribution >= 0.6 is 0 Å². The van der Waals surface area contributed by atoms with Gasteiger partial charge in [0.1, 0.15) is 12.1 Å². The van der Waals surface area contributed by atoms with E-state index in [2.05, 4.69) is 26.7 Å². The number of piperazine rings is 1. The van der Waals surface area contributed by atoms with Crippen molar-refractivity contribution in [1.29, 1.82) is 0 Å². The van der Waals surface area contributed by atoms with Crippen LogP contribution in [-0.2, 0) is 6.54 Å². The van der Waals surface area contributed by atoms with Crippen molar-refractivity contribution in [3.05, 3.63) is 60.1 Å². The Morgan fingerprint density at radius 2 is 2.10 bits per heavy atom. The summed E-state index contributed by atoms with van der Waals surface area (Å²) in [7, 11) is 0. The van der Waals surface area contributed by atoms with Gasteiger partial charge < -0.3 is 14.8 Å². The molecule has 7 nitrogen and oxygen atoms in total. The lowest BCUT2D eigenvalue weighted by molar-refractivity contribution is 0.0642. The second-order valence-corrected chi connectivity index (χ2v) is 7.64. The van der Waals surface area contributed by atoms with Crippen LogP contribution in [0, 0.1) is 12.7 Å². The fourth-order valence-corrected chi connectivity index (χ4v) is 3.37. The molecule has 162 valence electrons. The van der Waals surface area contributed by atoms with E-state index in [4.69, 9.17) is 4.42 Å². The number of benzene rings is 1. The highest BCUT2D eigenvalue weighted by Gasteiger charge is 2.21. The molecule has 2 aromatic rings. The summed E-state index contributed by atoms with van der Waals surface area (Å²) >= 11 is 0. The number of aryl methyl sites for hydroxylation is 1. The number of nitrogens with one attached hydrogen (secondary N) is 1. The highest BCUT2D eigenvalue weighted by molar-refractivity contribution is 6.02. The SMILES string of the molecule is C=CCCC(O)CN1CCN(Cc2nc(C(=O)Nc3ccc(C)c(F)c3)co2)CC1. The lowest BCUT2D eigenvalue weighted by atomic mass is 10.1. The van der Waals surface area contributed by atoms with Crippen molar-refractivity contribution in [1.82, 2.24) is 14.8 Å². The van der Waals surface area contributed by atoms with Crippen LogP contribution in [-0.4, -0.2) is 64.6 Å². The maximum absolute atomic E-state index is 13.6. The number of nitrogens with zero attached hydrogens (tertiary/aromatic N) is 3. The van der Waals surface area contributed by atoms with Crippen LogP contribution in [0.5, 0.6) is 0 Å². The molecule has 1 atom stereocenters. The summed E-state index contributed by atoms with van der Waals surface area (Å²) in [6.45, 7) is 9.92. The van der Waals surface area contributed by atoms with Crippen LogP contribution in [0.25, 0.3) is 0 Å². The van der Waals surface area contributed by atoms with Gasteiger partial charge in [0.2, 0.25) is 5.89 Å². The molecule has 1 aliphatic rings. The van der Waals surface area contributed by atoms with E-state index in [-0.39, 0.29) is 17.6 Å². The fourth-order valence-electron chi connectivity index (χ4n) is 3.37. The minimum atomic E-state index is -0.438. The van der Waals surface area contributed by atoms with Crippen LogP contribution in [0.2, 0.25) is 0 Å². The predicted molar refractivity (Wildman–Crippen MR) is 113 cm³/mol. The average molecular weight is 416 g/mol. The molecule has 8 heteroatoms. The number of hydrogen-bond donors (Lipinski definition) is 2. The molecule has 0 aliphatic carbocycles. The molecule has 1 aromatic heterocycles. The maximum atomic E-state index is 13.6. The van der Waals surface area contributed by atoms with E-state index in [1.54, 1.807) is 19.1 Å². The molecule has 0 bridgehead atoms. The van der Waals surface area contributed by atoms with Crippen LogP contribution < -0.4 is 5.32 Å². The number of aliphatic hydroxyl groups excluding tert-OH is 1. The summed E-state index contributed by atoms with van der Waals surface area (Å²) in [6.07, 6.45) is 4.37. The Balaban J connectivity index is 1.46. The van der Waals surface area contributed by atoms with Gasteiger partial charge in [-0.05, 0) is 37.5 Å². The second-order valence-electron chi connectivity index (χ2n) is 7.64. The molecule has 0 saturated carbocycles. The molecule has 0 radical (unpaired) electrons. The molecule has 3 rings (SSSR count). The van der Waals surface area contributed by atoms with Crippen molar-refractivity contribution < 1.29 is 18.7 Å². The summed E-state index contributed by atoms with van der Waals surface area (Å²) in [6, 6.07) is 4.53. The Morgan fingerprint density at radius 1 is 1.37 bits per heavy atom. The Hall–Kier alpha value is -2.55. The molecule has 0 spiro atoms. The topological polar surface area (TPSA) is 81.8 Å². The third kappa shape index (κ3) is 6.22. The van der Waals surface area contributed by atoms with Crippen molar-refractivity contribution >= 4 is 11.6 Å². The van der Waals surface area contributed by atoms with Crippen LogP contribution in [0.3, 0.4) is 0 Å². The quantitative estimate of drug-likeness (QED) is 0.612. The van der Waals surface area contributed by atoms with Gasteiger partial charge in [-0.15, -0.1) is 6.58 Å². The molecule has 2 N–H and O–H groups in total. The molecular weight excluding hydrogens is 387 g/mol. The Kier molecular flexibility index (Phi) is 7.73. The molecule has 30 heavy (non-hydrogen) atoms. The number of aliphatic hydroxyl groups is 1. The monoisotopic (exact) mass is 416 g/mol. The number of hydrogen-bond acceptors (Lipinski definition) is 6. The van der Waals surface area contributed by atoms with Crippen molar-refractivity contribution in [3.63, 3.8) is 0 Å². The van der Waals surface area contributed by atoms with Crippen LogP contribution in [0.15, 0.2) is 41.5 Å². The van der Waals surface area contributed by atoms with Gasteiger partial charge in [0.05, 0.1) is 12.6 Å². The summed E-state index contributed by atoms with van der Waals surface area (Å²) in [5.41, 5.74) is 1.05. The van der Waals surface area contributed by atoms with E-state index in [9.17, 15) is 14.3 Å². The number of halogens is 1. The van der Waals surface area contributed by atoms with E-state index < -0.39 is 5.91 Å². The number of oxazole rings is 1. The normalized spacial score (nSPS) is 16.4. The zero-order chi connectivity index (χ0) is 21.5. The Bertz CT molecular complexity index is 862. The number of rotatable bonds is 9. The van der Waals surface area contributed by atoms with Gasteiger partial charge in [-0.3, -0.25) is 14.6 Å². The molecule has 1 aromatic carbocycles. The maximum Gasteiger partial charge on any atom is 0.277 e. The molecule has 1 saturated heterocycles. The minimum absolute atomic E-state index is 0.162. The lowest BCUT2D eigenvalue weighted by Gasteiger charge is -2.34. The first-order chi connectivity index (χ1) is 14.4. The van der Waals surface area contributed by atoms with Crippen LogP contribution in [0.4, 0.5) is 10.1 Å². The molecule has 1 aliphatic heterocycles. The predicted octanol–water partition coefficient (Wildman–Crippen LogP) is 2.82. The van der Waals surface area contributed by atoms with Gasteiger partial charge in [0.15, 0.2) is 5.69 Å². The number of aromatic nitrogens is 1. The number of carbonyl (C=O) groups is 1. The molecule has 1 amide bonds. The third-order valence-corrected chi connectivity index (χ3v) is 5.21. The van der Waals surface area contributed by atoms with E-state index in [1.807, 2.05) is 6.08 Å². The van der Waals surface area contributed by atoms with Gasteiger partial charge in [-0.2, -0.15) is 0 Å².